The van der Waals surface area contributed by atoms with Crippen molar-refractivity contribution in [2.24, 2.45) is 0 Å². The molecule has 26 heavy (non-hydrogen) atoms. The van der Waals surface area contributed by atoms with E-state index in [0.29, 0.717) is 18.7 Å². The molecule has 9 heteroatoms. The number of hydrogen-bond acceptors (Lipinski definition) is 4. The van der Waals surface area contributed by atoms with Crippen LogP contribution in [0.1, 0.15) is 32.4 Å². The normalized spacial score (nSPS) is 19.0. The molecule has 1 aromatic rings. The summed E-state index contributed by atoms with van der Waals surface area (Å²) < 4.78 is 40.6. The van der Waals surface area contributed by atoms with Crippen molar-refractivity contribution in [3.8, 4) is 5.75 Å². The van der Waals surface area contributed by atoms with Crippen LogP contribution in [0.15, 0.2) is 24.3 Å². The van der Waals surface area contributed by atoms with Gasteiger partial charge >= 0.3 is 6.36 Å². The van der Waals surface area contributed by atoms with Gasteiger partial charge in [0, 0.05) is 18.6 Å². The maximum absolute atomic E-state index is 12.3. The molecule has 1 aliphatic heterocycles. The van der Waals surface area contributed by atoms with E-state index in [-0.39, 0.29) is 24.1 Å². The van der Waals surface area contributed by atoms with Gasteiger partial charge in [-0.2, -0.15) is 0 Å². The number of piperazine rings is 1. The van der Waals surface area contributed by atoms with E-state index in [0.717, 1.165) is 12.1 Å². The van der Waals surface area contributed by atoms with Crippen LogP contribution in [0.2, 0.25) is 0 Å². The average Bonchev–Trinajstić information content (AvgIpc) is 2.45. The average molecular weight is 373 g/mol. The minimum Gasteiger partial charge on any atom is -0.406 e. The molecule has 2 N–H and O–H groups in total. The Bertz CT molecular complexity index is 654. The van der Waals surface area contributed by atoms with Crippen LogP contribution in [0.5, 0.6) is 5.75 Å². The minimum atomic E-state index is -4.78. The minimum absolute atomic E-state index is 0.0101. The monoisotopic (exact) mass is 373 g/mol. The molecule has 144 valence electrons. The molecule has 0 saturated carbocycles. The fraction of sp³-hybridized carbons (Fsp3) is 0.529. The van der Waals surface area contributed by atoms with Crippen LogP contribution >= 0.6 is 0 Å². The number of nitrogens with zero attached hydrogens (tertiary/aromatic N) is 1. The molecule has 0 bridgehead atoms. The highest BCUT2D eigenvalue weighted by atomic mass is 19.4. The van der Waals surface area contributed by atoms with Gasteiger partial charge < -0.3 is 15.4 Å². The first-order valence-corrected chi connectivity index (χ1v) is 8.13. The van der Waals surface area contributed by atoms with Crippen molar-refractivity contribution in [1.82, 2.24) is 15.5 Å². The van der Waals surface area contributed by atoms with Crippen LogP contribution < -0.4 is 15.4 Å². The molecule has 0 aliphatic carbocycles. The molecule has 0 spiro atoms. The molecular weight excluding hydrogens is 351 g/mol. The van der Waals surface area contributed by atoms with E-state index in [4.69, 9.17) is 0 Å². The second-order valence-electron chi connectivity index (χ2n) is 7.08. The fourth-order valence-electron chi connectivity index (χ4n) is 2.74. The van der Waals surface area contributed by atoms with Crippen molar-refractivity contribution in [3.05, 3.63) is 29.8 Å². The molecule has 1 atom stereocenters. The largest absolute Gasteiger partial charge is 0.573 e. The second kappa shape index (κ2) is 7.53. The molecule has 6 nitrogen and oxygen atoms in total. The van der Waals surface area contributed by atoms with Gasteiger partial charge in [0.05, 0.1) is 6.54 Å². The number of carbonyl (C=O) groups is 2. The lowest BCUT2D eigenvalue weighted by atomic mass is 10.0. The van der Waals surface area contributed by atoms with Gasteiger partial charge in [0.1, 0.15) is 11.8 Å². The highest BCUT2D eigenvalue weighted by Gasteiger charge is 2.34. The Morgan fingerprint density at radius 2 is 1.88 bits per heavy atom. The summed E-state index contributed by atoms with van der Waals surface area (Å²) in [7, 11) is 0. The lowest BCUT2D eigenvalue weighted by Crippen LogP contribution is -2.54. The Morgan fingerprint density at radius 3 is 2.42 bits per heavy atom. The van der Waals surface area contributed by atoms with Gasteiger partial charge in [0.25, 0.3) is 0 Å². The Balaban J connectivity index is 2.15. The van der Waals surface area contributed by atoms with Gasteiger partial charge in [-0.25, -0.2) is 0 Å². The van der Waals surface area contributed by atoms with E-state index in [2.05, 4.69) is 15.4 Å². The topological polar surface area (TPSA) is 70.7 Å². The molecule has 1 saturated heterocycles. The third-order valence-electron chi connectivity index (χ3n) is 3.60. The molecule has 1 fully saturated rings. The molecule has 0 unspecified atom stereocenters. The zero-order valence-corrected chi connectivity index (χ0v) is 14.8. The molecule has 1 heterocycles. The highest BCUT2D eigenvalue weighted by Crippen LogP contribution is 2.27. The molecule has 0 radical (unpaired) electrons. The van der Waals surface area contributed by atoms with Gasteiger partial charge in [-0.15, -0.1) is 13.2 Å². The molecule has 1 aromatic carbocycles. The van der Waals surface area contributed by atoms with Crippen molar-refractivity contribution in [3.63, 3.8) is 0 Å². The number of rotatable bonds is 4. The van der Waals surface area contributed by atoms with Crippen LogP contribution in [-0.4, -0.2) is 48.2 Å². The van der Waals surface area contributed by atoms with E-state index in [1.807, 2.05) is 20.8 Å². The Hall–Kier alpha value is -2.29. The number of alkyl halides is 3. The van der Waals surface area contributed by atoms with E-state index in [9.17, 15) is 22.8 Å². The van der Waals surface area contributed by atoms with E-state index >= 15 is 0 Å². The standard InChI is InChI=1S/C17H22F3N3O3/c1-16(2,3)22-13(24)10-23-9-8-21-15(25)14(23)11-4-6-12(7-5-11)26-17(18,19)20/h4-7,14H,8-10H2,1-3H3,(H,21,25)(H,22,24)/t14-/m0/s1. The summed E-state index contributed by atoms with van der Waals surface area (Å²) in [4.78, 5) is 26.2. The number of carbonyl (C=O) groups excluding carboxylic acids is 2. The van der Waals surface area contributed by atoms with Crippen LogP contribution in [0, 0.1) is 0 Å². The lowest BCUT2D eigenvalue weighted by molar-refractivity contribution is -0.274. The molecule has 1 aliphatic rings. The molecule has 0 aromatic heterocycles. The van der Waals surface area contributed by atoms with Crippen LogP contribution in [0.3, 0.4) is 0 Å². The number of nitrogens with one attached hydrogen (secondary N) is 2. The van der Waals surface area contributed by atoms with Crippen molar-refractivity contribution < 1.29 is 27.5 Å². The first-order valence-electron chi connectivity index (χ1n) is 8.13. The number of amides is 2. The second-order valence-corrected chi connectivity index (χ2v) is 7.08. The highest BCUT2D eigenvalue weighted by molar-refractivity contribution is 5.85. The third kappa shape index (κ3) is 5.91. The number of halogens is 3. The maximum atomic E-state index is 12.3. The SMILES string of the molecule is CC(C)(C)NC(=O)CN1CCNC(=O)[C@@H]1c1ccc(OC(F)(F)F)cc1. The quantitative estimate of drug-likeness (QED) is 0.847. The summed E-state index contributed by atoms with van der Waals surface area (Å²) in [6.45, 7) is 6.42. The smallest absolute Gasteiger partial charge is 0.406 e. The first kappa shape index (κ1) is 20.0. The van der Waals surface area contributed by atoms with Crippen molar-refractivity contribution >= 4 is 11.8 Å². The zero-order valence-electron chi connectivity index (χ0n) is 14.8. The van der Waals surface area contributed by atoms with Crippen molar-refractivity contribution in [2.45, 2.75) is 38.7 Å². The van der Waals surface area contributed by atoms with Gasteiger partial charge in [0.15, 0.2) is 0 Å². The van der Waals surface area contributed by atoms with Gasteiger partial charge in [-0.3, -0.25) is 14.5 Å². The molecular formula is C17H22F3N3O3. The fourth-order valence-corrected chi connectivity index (χ4v) is 2.74. The summed E-state index contributed by atoms with van der Waals surface area (Å²) >= 11 is 0. The van der Waals surface area contributed by atoms with Crippen molar-refractivity contribution in [1.29, 1.82) is 0 Å². The Kier molecular flexibility index (Phi) is 5.80. The summed E-state index contributed by atoms with van der Waals surface area (Å²) in [6.07, 6.45) is -4.78. The summed E-state index contributed by atoms with van der Waals surface area (Å²) in [5.74, 6) is -0.895. The van der Waals surface area contributed by atoms with E-state index in [1.165, 1.54) is 12.1 Å². The number of benzene rings is 1. The first-order chi connectivity index (χ1) is 11.9. The van der Waals surface area contributed by atoms with E-state index in [1.54, 1.807) is 4.90 Å². The van der Waals surface area contributed by atoms with Gasteiger partial charge in [-0.1, -0.05) is 12.1 Å². The number of ether oxygens (including phenoxy) is 1. The van der Waals surface area contributed by atoms with Gasteiger partial charge in [-0.05, 0) is 38.5 Å². The van der Waals surface area contributed by atoms with Crippen LogP contribution in [0.4, 0.5) is 13.2 Å². The Morgan fingerprint density at radius 1 is 1.27 bits per heavy atom. The third-order valence-corrected chi connectivity index (χ3v) is 3.60. The summed E-state index contributed by atoms with van der Waals surface area (Å²) in [6, 6.07) is 4.33. The number of hydrogen-bond donors (Lipinski definition) is 2. The summed E-state index contributed by atoms with van der Waals surface area (Å²) in [5.41, 5.74) is 0.0848. The van der Waals surface area contributed by atoms with Crippen LogP contribution in [-0.2, 0) is 9.59 Å². The molecule has 2 rings (SSSR count). The predicted molar refractivity (Wildman–Crippen MR) is 88.3 cm³/mol. The van der Waals surface area contributed by atoms with E-state index < -0.39 is 17.9 Å². The van der Waals surface area contributed by atoms with Crippen LogP contribution in [0.25, 0.3) is 0 Å². The zero-order chi connectivity index (χ0) is 19.5. The maximum Gasteiger partial charge on any atom is 0.573 e. The Labute approximate surface area is 149 Å². The van der Waals surface area contributed by atoms with Crippen molar-refractivity contribution in [2.75, 3.05) is 19.6 Å². The molecule has 2 amide bonds. The lowest BCUT2D eigenvalue weighted by Gasteiger charge is -2.35. The summed E-state index contributed by atoms with van der Waals surface area (Å²) in [5, 5.41) is 5.54. The predicted octanol–water partition coefficient (Wildman–Crippen LogP) is 1.97. The van der Waals surface area contributed by atoms with Gasteiger partial charge in [0.2, 0.25) is 11.8 Å².